The maximum atomic E-state index is 13.0. The molecule has 0 spiro atoms. The number of carbonyl (C=O) groups excluding carboxylic acids is 1. The summed E-state index contributed by atoms with van der Waals surface area (Å²) >= 11 is 1.74. The molecule has 3 aromatic heterocycles. The van der Waals surface area contributed by atoms with Crippen molar-refractivity contribution in [3.05, 3.63) is 52.9 Å². The highest BCUT2D eigenvalue weighted by Gasteiger charge is 2.24. The van der Waals surface area contributed by atoms with Crippen molar-refractivity contribution in [2.24, 2.45) is 0 Å². The van der Waals surface area contributed by atoms with Crippen LogP contribution in [-0.4, -0.2) is 51.5 Å². The molecule has 1 amide bonds. The van der Waals surface area contributed by atoms with Gasteiger partial charge < -0.3 is 14.4 Å². The van der Waals surface area contributed by atoms with E-state index in [4.69, 9.17) is 0 Å². The average molecular weight is 424 g/mol. The van der Waals surface area contributed by atoms with Crippen molar-refractivity contribution in [3.63, 3.8) is 0 Å². The number of fused-ring (bicyclic) bond motifs is 1. The van der Waals surface area contributed by atoms with Crippen LogP contribution >= 0.6 is 11.3 Å². The first-order chi connectivity index (χ1) is 14.6. The van der Waals surface area contributed by atoms with E-state index in [2.05, 4.69) is 57.6 Å². The number of amides is 1. The molecule has 0 unspecified atom stereocenters. The van der Waals surface area contributed by atoms with Crippen molar-refractivity contribution in [1.29, 1.82) is 0 Å². The van der Waals surface area contributed by atoms with Crippen LogP contribution in [0.4, 0.5) is 5.82 Å². The molecule has 1 aliphatic rings. The third kappa shape index (κ3) is 4.12. The molecule has 0 saturated carbocycles. The first-order valence-corrected chi connectivity index (χ1v) is 11.4. The highest BCUT2D eigenvalue weighted by Crippen LogP contribution is 2.31. The lowest BCUT2D eigenvalue weighted by Crippen LogP contribution is -2.49. The number of piperazine rings is 1. The number of hydrogen-bond acceptors (Lipinski definition) is 5. The van der Waals surface area contributed by atoms with Crippen LogP contribution in [0.1, 0.15) is 30.1 Å². The Bertz CT molecular complexity index is 1060. The second-order valence-electron chi connectivity index (χ2n) is 7.67. The second kappa shape index (κ2) is 9.00. The fourth-order valence-electron chi connectivity index (χ4n) is 4.00. The van der Waals surface area contributed by atoms with Gasteiger partial charge in [-0.2, -0.15) is 0 Å². The summed E-state index contributed by atoms with van der Waals surface area (Å²) < 4.78 is 2.22. The van der Waals surface area contributed by atoms with Crippen LogP contribution in [-0.2, 0) is 24.2 Å². The highest BCUT2D eigenvalue weighted by molar-refractivity contribution is 7.18. The third-order valence-corrected chi connectivity index (χ3v) is 6.97. The van der Waals surface area contributed by atoms with Crippen LogP contribution in [0.25, 0.3) is 10.2 Å². The summed E-state index contributed by atoms with van der Waals surface area (Å²) in [6.45, 7) is 10.1. The molecule has 4 heterocycles. The highest BCUT2D eigenvalue weighted by atomic mass is 32.1. The molecule has 1 saturated heterocycles. The second-order valence-corrected chi connectivity index (χ2v) is 8.79. The fraction of sp³-hybridized carbons (Fsp3) is 0.435. The zero-order valence-corrected chi connectivity index (χ0v) is 18.8. The van der Waals surface area contributed by atoms with E-state index in [1.807, 2.05) is 17.9 Å². The van der Waals surface area contributed by atoms with Gasteiger partial charge in [0.25, 0.3) is 0 Å². The van der Waals surface area contributed by atoms with E-state index in [1.165, 1.54) is 10.6 Å². The predicted octanol–water partition coefficient (Wildman–Crippen LogP) is 3.83. The topological polar surface area (TPSA) is 54.3 Å². The van der Waals surface area contributed by atoms with Crippen molar-refractivity contribution in [2.45, 2.75) is 40.2 Å². The Morgan fingerprint density at radius 1 is 1.20 bits per heavy atom. The third-order valence-electron chi connectivity index (χ3n) is 5.79. The van der Waals surface area contributed by atoms with Crippen molar-refractivity contribution >= 4 is 33.3 Å². The van der Waals surface area contributed by atoms with Gasteiger partial charge in [0.2, 0.25) is 5.91 Å². The average Bonchev–Trinajstić information content (AvgIpc) is 3.35. The smallest absolute Gasteiger partial charge is 0.228 e. The van der Waals surface area contributed by atoms with Gasteiger partial charge in [-0.25, -0.2) is 9.97 Å². The standard InChI is InChI=1S/C23H29N5OS/c1-4-6-9-28-17(3)7-8-18(28)14-21(29)26-10-12-27(13-11-26)22-20-15-19(5-2)30-23(20)25-16-24-22/h4,6-8,15-16H,5,9-14H2,1-3H3/b6-4-. The Hall–Kier alpha value is -2.67. The molecular weight excluding hydrogens is 394 g/mol. The number of hydrogen-bond donors (Lipinski definition) is 0. The minimum Gasteiger partial charge on any atom is -0.352 e. The predicted molar refractivity (Wildman–Crippen MR) is 123 cm³/mol. The van der Waals surface area contributed by atoms with Crippen LogP contribution < -0.4 is 4.90 Å². The summed E-state index contributed by atoms with van der Waals surface area (Å²) in [5, 5.41) is 1.14. The van der Waals surface area contributed by atoms with Crippen molar-refractivity contribution in [1.82, 2.24) is 19.4 Å². The van der Waals surface area contributed by atoms with Gasteiger partial charge in [-0.1, -0.05) is 19.1 Å². The molecular formula is C23H29N5OS. The van der Waals surface area contributed by atoms with Crippen LogP contribution in [0, 0.1) is 6.92 Å². The monoisotopic (exact) mass is 423 g/mol. The Morgan fingerprint density at radius 2 is 2.00 bits per heavy atom. The quantitative estimate of drug-likeness (QED) is 0.566. The maximum absolute atomic E-state index is 13.0. The maximum Gasteiger partial charge on any atom is 0.228 e. The molecule has 0 bridgehead atoms. The number of anilines is 1. The molecule has 0 aliphatic carbocycles. The van der Waals surface area contributed by atoms with E-state index in [0.717, 1.165) is 60.9 Å². The van der Waals surface area contributed by atoms with Crippen LogP contribution in [0.3, 0.4) is 0 Å². The summed E-state index contributed by atoms with van der Waals surface area (Å²) in [7, 11) is 0. The summed E-state index contributed by atoms with van der Waals surface area (Å²) in [6.07, 6.45) is 7.29. The lowest BCUT2D eigenvalue weighted by Gasteiger charge is -2.35. The van der Waals surface area contributed by atoms with Crippen LogP contribution in [0.15, 0.2) is 36.7 Å². The zero-order chi connectivity index (χ0) is 21.1. The van der Waals surface area contributed by atoms with Crippen LogP contribution in [0.5, 0.6) is 0 Å². The van der Waals surface area contributed by atoms with Gasteiger partial charge in [-0.3, -0.25) is 4.79 Å². The van der Waals surface area contributed by atoms with Crippen molar-refractivity contribution in [3.8, 4) is 0 Å². The van der Waals surface area contributed by atoms with E-state index < -0.39 is 0 Å². The molecule has 1 fully saturated rings. The molecule has 1 aliphatic heterocycles. The first kappa shape index (κ1) is 20.6. The van der Waals surface area contributed by atoms with Gasteiger partial charge in [0.1, 0.15) is 17.0 Å². The number of nitrogens with zero attached hydrogens (tertiary/aromatic N) is 5. The largest absolute Gasteiger partial charge is 0.352 e. The van der Waals surface area contributed by atoms with Crippen LogP contribution in [0.2, 0.25) is 0 Å². The van der Waals surface area contributed by atoms with Crippen molar-refractivity contribution in [2.75, 3.05) is 31.1 Å². The van der Waals surface area contributed by atoms with Gasteiger partial charge in [-0.15, -0.1) is 11.3 Å². The van der Waals surface area contributed by atoms with E-state index >= 15 is 0 Å². The molecule has 0 aromatic carbocycles. The molecule has 6 nitrogen and oxygen atoms in total. The lowest BCUT2D eigenvalue weighted by atomic mass is 10.2. The van der Waals surface area contributed by atoms with E-state index in [1.54, 1.807) is 17.7 Å². The zero-order valence-electron chi connectivity index (χ0n) is 18.0. The molecule has 4 rings (SSSR count). The molecule has 7 heteroatoms. The molecule has 3 aromatic rings. The number of aryl methyl sites for hydroxylation is 2. The minimum absolute atomic E-state index is 0.200. The van der Waals surface area contributed by atoms with E-state index in [9.17, 15) is 4.79 Å². The Morgan fingerprint density at radius 3 is 2.73 bits per heavy atom. The van der Waals surface area contributed by atoms with E-state index in [-0.39, 0.29) is 5.91 Å². The van der Waals surface area contributed by atoms with E-state index in [0.29, 0.717) is 6.42 Å². The molecule has 0 atom stereocenters. The molecule has 0 radical (unpaired) electrons. The lowest BCUT2D eigenvalue weighted by molar-refractivity contribution is -0.130. The fourth-order valence-corrected chi connectivity index (χ4v) is 4.93. The number of rotatable bonds is 6. The summed E-state index contributed by atoms with van der Waals surface area (Å²) in [4.78, 5) is 28.6. The number of thiophene rings is 1. The Balaban J connectivity index is 1.42. The Kier molecular flexibility index (Phi) is 6.18. The number of carbonyl (C=O) groups is 1. The summed E-state index contributed by atoms with van der Waals surface area (Å²) in [5.74, 6) is 1.20. The molecule has 0 N–H and O–H groups in total. The van der Waals surface area contributed by atoms with Crippen molar-refractivity contribution < 1.29 is 4.79 Å². The van der Waals surface area contributed by atoms with Gasteiger partial charge in [0, 0.05) is 49.0 Å². The first-order valence-electron chi connectivity index (χ1n) is 10.6. The van der Waals surface area contributed by atoms with Gasteiger partial charge in [-0.05, 0) is 38.5 Å². The molecule has 158 valence electrons. The number of allylic oxidation sites excluding steroid dienone is 2. The Labute approximate surface area is 181 Å². The van der Waals surface area contributed by atoms with Gasteiger partial charge in [0.15, 0.2) is 0 Å². The summed E-state index contributed by atoms with van der Waals surface area (Å²) in [5.41, 5.74) is 2.27. The minimum atomic E-state index is 0.200. The SMILES string of the molecule is C/C=C\Cn1c(C)ccc1CC(=O)N1CCN(c2ncnc3sc(CC)cc23)CC1. The van der Waals surface area contributed by atoms with Gasteiger partial charge in [0.05, 0.1) is 11.8 Å². The van der Waals surface area contributed by atoms with Gasteiger partial charge >= 0.3 is 0 Å². The number of aromatic nitrogens is 3. The normalized spacial score (nSPS) is 14.9. The molecule has 30 heavy (non-hydrogen) atoms. The summed E-state index contributed by atoms with van der Waals surface area (Å²) in [6, 6.07) is 6.39.